The first-order valence-electron chi connectivity index (χ1n) is 6.07. The van der Waals surface area contributed by atoms with Crippen LogP contribution in [0.2, 0.25) is 0 Å². The van der Waals surface area contributed by atoms with Gasteiger partial charge in [0.1, 0.15) is 5.82 Å². The molecule has 4 heteroatoms. The van der Waals surface area contributed by atoms with E-state index in [0.29, 0.717) is 18.0 Å². The molecule has 17 heavy (non-hydrogen) atoms. The van der Waals surface area contributed by atoms with Gasteiger partial charge in [-0.2, -0.15) is 0 Å². The first-order valence-corrected chi connectivity index (χ1v) is 6.07. The summed E-state index contributed by atoms with van der Waals surface area (Å²) in [6, 6.07) is 1.73. The average molecular weight is 239 g/mol. The summed E-state index contributed by atoms with van der Waals surface area (Å²) in [6.45, 7) is 7.86. The molecule has 0 unspecified atom stereocenters. The minimum Gasteiger partial charge on any atom is -0.315 e. The van der Waals surface area contributed by atoms with Gasteiger partial charge in [-0.05, 0) is 25.6 Å². The Hall–Kier alpha value is -1.00. The van der Waals surface area contributed by atoms with Crippen molar-refractivity contribution in [2.75, 3.05) is 26.7 Å². The van der Waals surface area contributed by atoms with E-state index in [4.69, 9.17) is 0 Å². The van der Waals surface area contributed by atoms with Gasteiger partial charge in [0, 0.05) is 31.4 Å². The quantitative estimate of drug-likeness (QED) is 0.737. The van der Waals surface area contributed by atoms with Gasteiger partial charge in [0.2, 0.25) is 0 Å². The first kappa shape index (κ1) is 14.1. The van der Waals surface area contributed by atoms with E-state index in [0.717, 1.165) is 19.6 Å². The van der Waals surface area contributed by atoms with Gasteiger partial charge in [-0.15, -0.1) is 0 Å². The van der Waals surface area contributed by atoms with Crippen LogP contribution < -0.4 is 5.32 Å². The maximum absolute atomic E-state index is 13.3. The Morgan fingerprint density at radius 1 is 1.47 bits per heavy atom. The summed E-state index contributed by atoms with van der Waals surface area (Å²) in [7, 11) is 2.00. The van der Waals surface area contributed by atoms with Crippen molar-refractivity contribution in [3.63, 3.8) is 0 Å². The van der Waals surface area contributed by atoms with E-state index in [1.165, 1.54) is 6.20 Å². The Kier molecular flexibility index (Phi) is 6.08. The third kappa shape index (κ3) is 5.75. The van der Waals surface area contributed by atoms with Crippen molar-refractivity contribution in [3.05, 3.63) is 29.8 Å². The summed E-state index contributed by atoms with van der Waals surface area (Å²) in [4.78, 5) is 5.84. The largest absolute Gasteiger partial charge is 0.315 e. The lowest BCUT2D eigenvalue weighted by atomic mass is 10.2. The topological polar surface area (TPSA) is 28.2 Å². The van der Waals surface area contributed by atoms with Crippen molar-refractivity contribution in [3.8, 4) is 0 Å². The van der Waals surface area contributed by atoms with Crippen LogP contribution in [0.3, 0.4) is 0 Å². The number of pyridine rings is 1. The summed E-state index contributed by atoms with van der Waals surface area (Å²) in [6.07, 6.45) is 2.89. The van der Waals surface area contributed by atoms with Gasteiger partial charge in [-0.1, -0.05) is 13.8 Å². The van der Waals surface area contributed by atoms with Crippen LogP contribution in [0.1, 0.15) is 19.4 Å². The van der Waals surface area contributed by atoms with Crippen molar-refractivity contribution in [2.45, 2.75) is 20.4 Å². The second-order valence-corrected chi connectivity index (χ2v) is 4.80. The lowest BCUT2D eigenvalue weighted by Crippen LogP contribution is -2.31. The maximum Gasteiger partial charge on any atom is 0.145 e. The molecule has 0 aliphatic carbocycles. The average Bonchev–Trinajstić information content (AvgIpc) is 2.27. The SMILES string of the molecule is CC(C)CNCCN(C)Cc1ccncc1F. The summed E-state index contributed by atoms with van der Waals surface area (Å²) in [5.74, 6) is 0.437. The van der Waals surface area contributed by atoms with Crippen molar-refractivity contribution < 1.29 is 4.39 Å². The smallest absolute Gasteiger partial charge is 0.145 e. The van der Waals surface area contributed by atoms with Crippen LogP contribution in [-0.2, 0) is 6.54 Å². The second-order valence-electron chi connectivity index (χ2n) is 4.80. The van der Waals surface area contributed by atoms with Gasteiger partial charge in [0.15, 0.2) is 0 Å². The molecule has 1 heterocycles. The molecular formula is C13H22FN3. The van der Waals surface area contributed by atoms with Crippen molar-refractivity contribution in [1.82, 2.24) is 15.2 Å². The standard InChI is InChI=1S/C13H22FN3/c1-11(2)8-16-6-7-17(3)10-12-4-5-15-9-13(12)14/h4-5,9,11,16H,6-8,10H2,1-3H3. The highest BCUT2D eigenvalue weighted by Gasteiger charge is 2.05. The number of hydrogen-bond donors (Lipinski definition) is 1. The molecule has 1 aromatic heterocycles. The van der Waals surface area contributed by atoms with Gasteiger partial charge < -0.3 is 10.2 Å². The molecule has 0 atom stereocenters. The fourth-order valence-electron chi connectivity index (χ4n) is 1.56. The van der Waals surface area contributed by atoms with E-state index >= 15 is 0 Å². The molecule has 0 fully saturated rings. The molecule has 1 N–H and O–H groups in total. The van der Waals surface area contributed by atoms with E-state index in [1.807, 2.05) is 7.05 Å². The fourth-order valence-corrected chi connectivity index (χ4v) is 1.56. The molecule has 0 saturated carbocycles. The molecule has 0 aliphatic rings. The van der Waals surface area contributed by atoms with Crippen LogP contribution >= 0.6 is 0 Å². The Labute approximate surface area is 103 Å². The first-order chi connectivity index (χ1) is 8.09. The van der Waals surface area contributed by atoms with Crippen LogP contribution in [0.4, 0.5) is 4.39 Å². The number of nitrogens with one attached hydrogen (secondary N) is 1. The third-order valence-electron chi connectivity index (χ3n) is 2.52. The van der Waals surface area contributed by atoms with Gasteiger partial charge in [-0.3, -0.25) is 4.98 Å². The zero-order valence-corrected chi connectivity index (χ0v) is 10.9. The van der Waals surface area contributed by atoms with Gasteiger partial charge >= 0.3 is 0 Å². The summed E-state index contributed by atoms with van der Waals surface area (Å²) in [5, 5.41) is 3.37. The van der Waals surface area contributed by atoms with Crippen molar-refractivity contribution >= 4 is 0 Å². The second kappa shape index (κ2) is 7.35. The molecular weight excluding hydrogens is 217 g/mol. The van der Waals surface area contributed by atoms with E-state index in [2.05, 4.69) is 29.0 Å². The number of likely N-dealkylation sites (N-methyl/N-ethyl adjacent to an activating group) is 1. The van der Waals surface area contributed by atoms with E-state index in [9.17, 15) is 4.39 Å². The molecule has 0 aromatic carbocycles. The van der Waals surface area contributed by atoms with Crippen LogP contribution in [0.15, 0.2) is 18.5 Å². The van der Waals surface area contributed by atoms with Crippen LogP contribution in [-0.4, -0.2) is 36.6 Å². The van der Waals surface area contributed by atoms with Gasteiger partial charge in [0.25, 0.3) is 0 Å². The maximum atomic E-state index is 13.3. The molecule has 0 spiro atoms. The molecule has 1 rings (SSSR count). The van der Waals surface area contributed by atoms with Crippen LogP contribution in [0, 0.1) is 11.7 Å². The molecule has 0 amide bonds. The van der Waals surface area contributed by atoms with E-state index in [1.54, 1.807) is 12.3 Å². The molecule has 1 aromatic rings. The zero-order valence-electron chi connectivity index (χ0n) is 10.9. The molecule has 0 aliphatic heterocycles. The monoisotopic (exact) mass is 239 g/mol. The highest BCUT2D eigenvalue weighted by Crippen LogP contribution is 2.06. The van der Waals surface area contributed by atoms with E-state index in [-0.39, 0.29) is 5.82 Å². The number of rotatable bonds is 7. The predicted molar refractivity (Wildman–Crippen MR) is 68.2 cm³/mol. The Morgan fingerprint density at radius 3 is 2.88 bits per heavy atom. The van der Waals surface area contributed by atoms with Crippen molar-refractivity contribution in [2.24, 2.45) is 5.92 Å². The number of halogens is 1. The molecule has 96 valence electrons. The Balaban J connectivity index is 2.25. The Bertz CT molecular complexity index is 328. The number of nitrogens with zero attached hydrogens (tertiary/aromatic N) is 2. The molecule has 0 saturated heterocycles. The lowest BCUT2D eigenvalue weighted by molar-refractivity contribution is 0.316. The van der Waals surface area contributed by atoms with Crippen LogP contribution in [0.5, 0.6) is 0 Å². The fraction of sp³-hybridized carbons (Fsp3) is 0.615. The summed E-state index contributed by atoms with van der Waals surface area (Å²) < 4.78 is 13.3. The summed E-state index contributed by atoms with van der Waals surface area (Å²) in [5.41, 5.74) is 0.700. The normalized spacial score (nSPS) is 11.4. The summed E-state index contributed by atoms with van der Waals surface area (Å²) >= 11 is 0. The molecule has 0 radical (unpaired) electrons. The minimum absolute atomic E-state index is 0.227. The molecule has 0 bridgehead atoms. The van der Waals surface area contributed by atoms with Crippen molar-refractivity contribution in [1.29, 1.82) is 0 Å². The van der Waals surface area contributed by atoms with E-state index < -0.39 is 0 Å². The minimum atomic E-state index is -0.227. The van der Waals surface area contributed by atoms with Crippen LogP contribution in [0.25, 0.3) is 0 Å². The van der Waals surface area contributed by atoms with Gasteiger partial charge in [0.05, 0.1) is 6.20 Å². The highest BCUT2D eigenvalue weighted by molar-refractivity contribution is 5.12. The predicted octanol–water partition coefficient (Wildman–Crippen LogP) is 1.90. The highest BCUT2D eigenvalue weighted by atomic mass is 19.1. The number of aromatic nitrogens is 1. The van der Waals surface area contributed by atoms with Gasteiger partial charge in [-0.25, -0.2) is 4.39 Å². The third-order valence-corrected chi connectivity index (χ3v) is 2.52. The zero-order chi connectivity index (χ0) is 12.7. The number of hydrogen-bond acceptors (Lipinski definition) is 3. The lowest BCUT2D eigenvalue weighted by Gasteiger charge is -2.17. The Morgan fingerprint density at radius 2 is 2.24 bits per heavy atom. The molecule has 3 nitrogen and oxygen atoms in total.